The van der Waals surface area contributed by atoms with Crippen LogP contribution in [0.15, 0.2) is 55.1 Å². The summed E-state index contributed by atoms with van der Waals surface area (Å²) >= 11 is 0. The van der Waals surface area contributed by atoms with Crippen LogP contribution in [0.1, 0.15) is 28.9 Å². The third-order valence-corrected chi connectivity index (χ3v) is 5.82. The van der Waals surface area contributed by atoms with Crippen LogP contribution in [0.3, 0.4) is 0 Å². The highest BCUT2D eigenvalue weighted by atomic mass is 16.2. The van der Waals surface area contributed by atoms with E-state index in [4.69, 9.17) is 0 Å². The average Bonchev–Trinajstić information content (AvgIpc) is 3.36. The summed E-state index contributed by atoms with van der Waals surface area (Å²) in [6.07, 6.45) is 8.98. The second-order valence-electron chi connectivity index (χ2n) is 7.77. The number of nitrogens with one attached hydrogen (secondary N) is 1. The van der Waals surface area contributed by atoms with Gasteiger partial charge in [-0.25, -0.2) is 15.0 Å². The fourth-order valence-corrected chi connectivity index (χ4v) is 4.53. The van der Waals surface area contributed by atoms with Crippen LogP contribution in [0.4, 0.5) is 5.82 Å². The third-order valence-electron chi connectivity index (χ3n) is 5.82. The standard InChI is InChI=1S/C22H22N6O/c1-14-11-26-20(12-25-14)27-18-9-15-10-19(18)28(13-15)22(29)17-6-3-2-5-16(17)21-23-7-4-8-24-21/h2-8,11-12,15,18-19H,9-10,13H2,1H3,(H,26,27)/t15-,18-,19+/m1/s1. The fourth-order valence-electron chi connectivity index (χ4n) is 4.53. The minimum absolute atomic E-state index is 0.0436. The molecule has 2 bridgehead atoms. The Morgan fingerprint density at radius 2 is 1.86 bits per heavy atom. The van der Waals surface area contributed by atoms with Crippen molar-refractivity contribution in [3.05, 3.63) is 66.4 Å². The molecule has 1 aliphatic carbocycles. The molecule has 1 saturated heterocycles. The second kappa shape index (κ2) is 7.24. The monoisotopic (exact) mass is 386 g/mol. The molecule has 0 unspecified atom stereocenters. The van der Waals surface area contributed by atoms with Gasteiger partial charge < -0.3 is 10.2 Å². The van der Waals surface area contributed by atoms with Crippen LogP contribution in [0.5, 0.6) is 0 Å². The predicted molar refractivity (Wildman–Crippen MR) is 109 cm³/mol. The molecule has 1 aromatic carbocycles. The first kappa shape index (κ1) is 17.7. The number of aryl methyl sites for hydroxylation is 1. The predicted octanol–water partition coefficient (Wildman–Crippen LogP) is 2.96. The van der Waals surface area contributed by atoms with E-state index in [-0.39, 0.29) is 18.0 Å². The number of anilines is 1. The van der Waals surface area contributed by atoms with E-state index in [0.717, 1.165) is 36.5 Å². The van der Waals surface area contributed by atoms with Crippen LogP contribution in [-0.4, -0.2) is 49.4 Å². The number of benzene rings is 1. The van der Waals surface area contributed by atoms with E-state index in [0.29, 0.717) is 17.3 Å². The number of carbonyl (C=O) groups excluding carboxylic acids is 1. The van der Waals surface area contributed by atoms with Crippen LogP contribution < -0.4 is 5.32 Å². The molecule has 0 spiro atoms. The average molecular weight is 386 g/mol. The number of piperidine rings is 1. The van der Waals surface area contributed by atoms with Crippen molar-refractivity contribution in [2.75, 3.05) is 11.9 Å². The van der Waals surface area contributed by atoms with Crippen molar-refractivity contribution in [1.29, 1.82) is 0 Å². The van der Waals surface area contributed by atoms with Gasteiger partial charge in [-0.1, -0.05) is 18.2 Å². The van der Waals surface area contributed by atoms with Gasteiger partial charge in [-0.05, 0) is 37.8 Å². The first-order valence-electron chi connectivity index (χ1n) is 9.91. The van der Waals surface area contributed by atoms with Crippen molar-refractivity contribution >= 4 is 11.7 Å². The third kappa shape index (κ3) is 3.33. The second-order valence-corrected chi connectivity index (χ2v) is 7.77. The minimum atomic E-state index is 0.0436. The SMILES string of the molecule is Cc1cnc(N[C@@H]2C[C@@H]3C[C@@H]2N(C(=O)c2ccccc2-c2ncccn2)C3)cn1. The summed E-state index contributed by atoms with van der Waals surface area (Å²) in [5.41, 5.74) is 2.31. The van der Waals surface area contributed by atoms with Gasteiger partial charge in [0.2, 0.25) is 0 Å². The van der Waals surface area contributed by atoms with Crippen molar-refractivity contribution in [3.8, 4) is 11.4 Å². The fraction of sp³-hybridized carbons (Fsp3) is 0.318. The molecule has 3 atom stereocenters. The molecule has 29 heavy (non-hydrogen) atoms. The Bertz CT molecular complexity index is 1020. The largest absolute Gasteiger partial charge is 0.364 e. The lowest BCUT2D eigenvalue weighted by atomic mass is 10.0. The zero-order valence-electron chi connectivity index (χ0n) is 16.2. The molecule has 146 valence electrons. The summed E-state index contributed by atoms with van der Waals surface area (Å²) in [7, 11) is 0. The van der Waals surface area contributed by atoms with Crippen LogP contribution in [0, 0.1) is 12.8 Å². The molecule has 2 aliphatic rings. The van der Waals surface area contributed by atoms with Gasteiger partial charge >= 0.3 is 0 Å². The van der Waals surface area contributed by atoms with Gasteiger partial charge in [0.05, 0.1) is 29.7 Å². The lowest BCUT2D eigenvalue weighted by Crippen LogP contribution is -2.47. The quantitative estimate of drug-likeness (QED) is 0.742. The molecule has 5 rings (SSSR count). The molecule has 0 radical (unpaired) electrons. The zero-order valence-corrected chi connectivity index (χ0v) is 16.2. The molecule has 2 fully saturated rings. The van der Waals surface area contributed by atoms with Crippen molar-refractivity contribution in [2.24, 2.45) is 5.92 Å². The Balaban J connectivity index is 1.39. The van der Waals surface area contributed by atoms with E-state index in [1.807, 2.05) is 36.1 Å². The van der Waals surface area contributed by atoms with E-state index in [9.17, 15) is 4.79 Å². The molecular weight excluding hydrogens is 364 g/mol. The van der Waals surface area contributed by atoms with Gasteiger partial charge in [0.25, 0.3) is 5.91 Å². The van der Waals surface area contributed by atoms with Crippen LogP contribution in [-0.2, 0) is 0 Å². The Hall–Kier alpha value is -3.35. The summed E-state index contributed by atoms with van der Waals surface area (Å²) in [5.74, 6) is 1.89. The number of aromatic nitrogens is 4. The molecule has 7 heteroatoms. The normalized spacial score (nSPS) is 22.7. The minimum Gasteiger partial charge on any atom is -0.364 e. The number of hydrogen-bond donors (Lipinski definition) is 1. The molecule has 2 aromatic heterocycles. The number of hydrogen-bond acceptors (Lipinski definition) is 6. The topological polar surface area (TPSA) is 83.9 Å². The van der Waals surface area contributed by atoms with Gasteiger partial charge in [-0.2, -0.15) is 0 Å². The van der Waals surface area contributed by atoms with E-state index in [2.05, 4.69) is 25.3 Å². The van der Waals surface area contributed by atoms with Crippen LogP contribution >= 0.6 is 0 Å². The molecule has 1 saturated carbocycles. The molecule has 3 heterocycles. The smallest absolute Gasteiger partial charge is 0.254 e. The first-order chi connectivity index (χ1) is 14.2. The van der Waals surface area contributed by atoms with Gasteiger partial charge in [0, 0.05) is 30.5 Å². The summed E-state index contributed by atoms with van der Waals surface area (Å²) in [6.45, 7) is 2.72. The van der Waals surface area contributed by atoms with Crippen molar-refractivity contribution in [3.63, 3.8) is 0 Å². The number of nitrogens with zero attached hydrogens (tertiary/aromatic N) is 5. The lowest BCUT2D eigenvalue weighted by Gasteiger charge is -2.34. The lowest BCUT2D eigenvalue weighted by molar-refractivity contribution is 0.0693. The highest BCUT2D eigenvalue weighted by Gasteiger charge is 2.47. The van der Waals surface area contributed by atoms with E-state index >= 15 is 0 Å². The summed E-state index contributed by atoms with van der Waals surface area (Å²) in [6, 6.07) is 9.71. The van der Waals surface area contributed by atoms with Gasteiger partial charge in [0.15, 0.2) is 5.82 Å². The first-order valence-corrected chi connectivity index (χ1v) is 9.91. The summed E-state index contributed by atoms with van der Waals surface area (Å²) < 4.78 is 0. The van der Waals surface area contributed by atoms with Crippen LogP contribution in [0.25, 0.3) is 11.4 Å². The van der Waals surface area contributed by atoms with Crippen molar-refractivity contribution in [1.82, 2.24) is 24.8 Å². The number of fused-ring (bicyclic) bond motifs is 2. The van der Waals surface area contributed by atoms with Gasteiger partial charge in [0.1, 0.15) is 5.82 Å². The van der Waals surface area contributed by atoms with Crippen molar-refractivity contribution < 1.29 is 4.79 Å². The highest BCUT2D eigenvalue weighted by Crippen LogP contribution is 2.40. The molecular formula is C22H22N6O. The van der Waals surface area contributed by atoms with Gasteiger partial charge in [-0.15, -0.1) is 0 Å². The van der Waals surface area contributed by atoms with Gasteiger partial charge in [-0.3, -0.25) is 9.78 Å². The molecule has 3 aromatic rings. The number of likely N-dealkylation sites (tertiary alicyclic amines) is 1. The van der Waals surface area contributed by atoms with Crippen LogP contribution in [0.2, 0.25) is 0 Å². The maximum Gasteiger partial charge on any atom is 0.254 e. The molecule has 1 aliphatic heterocycles. The highest BCUT2D eigenvalue weighted by molar-refractivity contribution is 6.00. The number of carbonyl (C=O) groups is 1. The van der Waals surface area contributed by atoms with E-state index < -0.39 is 0 Å². The molecule has 1 N–H and O–H groups in total. The zero-order chi connectivity index (χ0) is 19.8. The molecule has 1 amide bonds. The Morgan fingerprint density at radius 1 is 1.03 bits per heavy atom. The maximum absolute atomic E-state index is 13.5. The van der Waals surface area contributed by atoms with E-state index in [1.54, 1.807) is 30.9 Å². The maximum atomic E-state index is 13.5. The number of amides is 1. The van der Waals surface area contributed by atoms with E-state index in [1.165, 1.54) is 0 Å². The summed E-state index contributed by atoms with van der Waals surface area (Å²) in [5, 5.41) is 3.49. The Kier molecular flexibility index (Phi) is 4.42. The summed E-state index contributed by atoms with van der Waals surface area (Å²) in [4.78, 5) is 32.9. The van der Waals surface area contributed by atoms with Crippen molar-refractivity contribution in [2.45, 2.75) is 31.8 Å². The molecule has 7 nitrogen and oxygen atoms in total. The number of rotatable bonds is 4. The Morgan fingerprint density at radius 3 is 2.62 bits per heavy atom. The Labute approximate surface area is 169 Å².